The van der Waals surface area contributed by atoms with Gasteiger partial charge in [0.15, 0.2) is 0 Å². The smallest absolute Gasteiger partial charge is 0.256 e. The van der Waals surface area contributed by atoms with Gasteiger partial charge in [-0.15, -0.1) is 0 Å². The fraction of sp³-hybridized carbons (Fsp3) is 0.174. The van der Waals surface area contributed by atoms with E-state index in [9.17, 15) is 9.18 Å². The first kappa shape index (κ1) is 17.4. The Balaban J connectivity index is 1.64. The van der Waals surface area contributed by atoms with Crippen molar-refractivity contribution in [2.24, 2.45) is 0 Å². The van der Waals surface area contributed by atoms with Crippen LogP contribution in [0.25, 0.3) is 0 Å². The van der Waals surface area contributed by atoms with Gasteiger partial charge < -0.3 is 4.90 Å². The number of nitrogens with one attached hydrogen (secondary N) is 1. The molecule has 27 heavy (non-hydrogen) atoms. The highest BCUT2D eigenvalue weighted by Crippen LogP contribution is 2.34. The summed E-state index contributed by atoms with van der Waals surface area (Å²) in [5.41, 5.74) is 3.76. The van der Waals surface area contributed by atoms with Crippen molar-refractivity contribution in [1.82, 2.24) is 10.2 Å². The van der Waals surface area contributed by atoms with E-state index in [1.807, 2.05) is 47.4 Å². The van der Waals surface area contributed by atoms with Gasteiger partial charge in [-0.3, -0.25) is 10.1 Å². The first-order chi connectivity index (χ1) is 13.1. The predicted octanol–water partition coefficient (Wildman–Crippen LogP) is 4.83. The van der Waals surface area contributed by atoms with Crippen molar-refractivity contribution in [3.8, 4) is 0 Å². The van der Waals surface area contributed by atoms with Crippen LogP contribution in [0.4, 0.5) is 4.39 Å². The van der Waals surface area contributed by atoms with Crippen molar-refractivity contribution in [2.75, 3.05) is 0 Å². The number of fused-ring (bicyclic) bond motifs is 1. The van der Waals surface area contributed by atoms with Crippen LogP contribution >= 0.6 is 0 Å². The van der Waals surface area contributed by atoms with Gasteiger partial charge in [0.05, 0.1) is 0 Å². The van der Waals surface area contributed by atoms with Gasteiger partial charge in [0.1, 0.15) is 12.0 Å². The summed E-state index contributed by atoms with van der Waals surface area (Å²) >= 11 is 0. The normalized spacial score (nSPS) is 17.0. The SMILES string of the molecule is C[C@@H](N[C@H]1c2ccccc2C(=O)N1Cc1ccc(F)cc1)c1ccccc1. The average molecular weight is 360 g/mol. The van der Waals surface area contributed by atoms with Crippen LogP contribution in [0, 0.1) is 5.82 Å². The fourth-order valence-corrected chi connectivity index (χ4v) is 3.57. The van der Waals surface area contributed by atoms with E-state index >= 15 is 0 Å². The monoisotopic (exact) mass is 360 g/mol. The molecule has 0 unspecified atom stereocenters. The first-order valence-corrected chi connectivity index (χ1v) is 9.09. The second-order valence-corrected chi connectivity index (χ2v) is 6.85. The lowest BCUT2D eigenvalue weighted by molar-refractivity contribution is 0.0665. The summed E-state index contributed by atoms with van der Waals surface area (Å²) in [7, 11) is 0. The van der Waals surface area contributed by atoms with Crippen LogP contribution < -0.4 is 5.32 Å². The minimum atomic E-state index is -0.276. The molecule has 3 nitrogen and oxygen atoms in total. The van der Waals surface area contributed by atoms with Gasteiger partial charge in [-0.25, -0.2) is 4.39 Å². The highest BCUT2D eigenvalue weighted by molar-refractivity contribution is 5.99. The lowest BCUT2D eigenvalue weighted by Crippen LogP contribution is -2.37. The summed E-state index contributed by atoms with van der Waals surface area (Å²) in [5.74, 6) is -0.283. The van der Waals surface area contributed by atoms with Crippen LogP contribution in [0.5, 0.6) is 0 Å². The topological polar surface area (TPSA) is 32.3 Å². The number of benzene rings is 3. The van der Waals surface area contributed by atoms with Crippen LogP contribution in [0.15, 0.2) is 78.9 Å². The molecule has 0 aliphatic carbocycles. The summed E-state index contributed by atoms with van der Waals surface area (Å²) < 4.78 is 13.2. The molecule has 2 atom stereocenters. The molecule has 0 saturated carbocycles. The number of hydrogen-bond acceptors (Lipinski definition) is 2. The first-order valence-electron chi connectivity index (χ1n) is 9.09. The number of hydrogen-bond donors (Lipinski definition) is 1. The highest BCUT2D eigenvalue weighted by Gasteiger charge is 2.37. The quantitative estimate of drug-likeness (QED) is 0.707. The van der Waals surface area contributed by atoms with Crippen molar-refractivity contribution >= 4 is 5.91 Å². The molecular formula is C23H21FN2O. The highest BCUT2D eigenvalue weighted by atomic mass is 19.1. The van der Waals surface area contributed by atoms with Crippen molar-refractivity contribution in [2.45, 2.75) is 25.7 Å². The number of nitrogens with zero attached hydrogens (tertiary/aromatic N) is 1. The summed E-state index contributed by atoms with van der Waals surface area (Å²) in [6.07, 6.45) is -0.228. The Morgan fingerprint density at radius 2 is 1.63 bits per heavy atom. The van der Waals surface area contributed by atoms with E-state index in [1.54, 1.807) is 12.1 Å². The Morgan fingerprint density at radius 1 is 0.963 bits per heavy atom. The molecule has 0 aromatic heterocycles. The third kappa shape index (κ3) is 3.49. The molecule has 1 aliphatic heterocycles. The molecule has 0 saturated heterocycles. The third-order valence-electron chi connectivity index (χ3n) is 5.03. The maximum atomic E-state index is 13.2. The number of halogens is 1. The third-order valence-corrected chi connectivity index (χ3v) is 5.03. The molecule has 0 bridgehead atoms. The molecule has 0 spiro atoms. The van der Waals surface area contributed by atoms with E-state index in [2.05, 4.69) is 24.4 Å². The van der Waals surface area contributed by atoms with E-state index in [4.69, 9.17) is 0 Å². The number of carbonyl (C=O) groups excluding carboxylic acids is 1. The minimum Gasteiger partial charge on any atom is -0.315 e. The second kappa shape index (κ2) is 7.33. The zero-order valence-corrected chi connectivity index (χ0v) is 15.1. The summed E-state index contributed by atoms with van der Waals surface area (Å²) in [5, 5.41) is 3.59. The Hall–Kier alpha value is -2.98. The van der Waals surface area contributed by atoms with Gasteiger partial charge in [-0.1, -0.05) is 60.7 Å². The largest absolute Gasteiger partial charge is 0.315 e. The molecule has 1 amide bonds. The fourth-order valence-electron chi connectivity index (χ4n) is 3.57. The van der Waals surface area contributed by atoms with Crippen LogP contribution in [-0.2, 0) is 6.54 Å². The molecule has 136 valence electrons. The maximum absolute atomic E-state index is 13.2. The molecule has 0 fully saturated rings. The second-order valence-electron chi connectivity index (χ2n) is 6.85. The van der Waals surface area contributed by atoms with E-state index in [0.29, 0.717) is 6.54 Å². The molecule has 4 heteroatoms. The average Bonchev–Trinajstić information content (AvgIpc) is 2.96. The minimum absolute atomic E-state index is 0.00677. The van der Waals surface area contributed by atoms with Crippen molar-refractivity contribution in [3.05, 3.63) is 107 Å². The summed E-state index contributed by atoms with van der Waals surface area (Å²) in [6.45, 7) is 2.52. The van der Waals surface area contributed by atoms with Gasteiger partial charge in [-0.05, 0) is 36.2 Å². The lowest BCUT2D eigenvalue weighted by Gasteiger charge is -2.29. The summed E-state index contributed by atoms with van der Waals surface area (Å²) in [6, 6.07) is 24.2. The van der Waals surface area contributed by atoms with E-state index in [1.165, 1.54) is 12.1 Å². The Bertz CT molecular complexity index is 940. The Morgan fingerprint density at radius 3 is 2.37 bits per heavy atom. The molecule has 1 N–H and O–H groups in total. The maximum Gasteiger partial charge on any atom is 0.256 e. The van der Waals surface area contributed by atoms with Crippen molar-refractivity contribution in [3.63, 3.8) is 0 Å². The van der Waals surface area contributed by atoms with Crippen molar-refractivity contribution in [1.29, 1.82) is 0 Å². The van der Waals surface area contributed by atoms with Crippen LogP contribution in [-0.4, -0.2) is 10.8 Å². The Labute approximate surface area is 158 Å². The molecule has 1 aliphatic rings. The van der Waals surface area contributed by atoms with Crippen molar-refractivity contribution < 1.29 is 9.18 Å². The standard InChI is InChI=1S/C23H21FN2O/c1-16(18-7-3-2-4-8-18)25-22-20-9-5-6-10-21(20)23(27)26(22)15-17-11-13-19(24)14-12-17/h2-14,16,22,25H,15H2,1H3/t16-,22-/m1/s1. The van der Waals surface area contributed by atoms with Crippen LogP contribution in [0.1, 0.15) is 46.2 Å². The zero-order valence-electron chi connectivity index (χ0n) is 15.1. The molecule has 1 heterocycles. The number of amides is 1. The Kier molecular flexibility index (Phi) is 4.73. The van der Waals surface area contributed by atoms with E-state index in [0.717, 1.165) is 22.3 Å². The van der Waals surface area contributed by atoms with Crippen LogP contribution in [0.3, 0.4) is 0 Å². The molecule has 0 radical (unpaired) electrons. The van der Waals surface area contributed by atoms with Gasteiger partial charge >= 0.3 is 0 Å². The van der Waals surface area contributed by atoms with Gasteiger partial charge in [-0.2, -0.15) is 0 Å². The number of rotatable bonds is 5. The van der Waals surface area contributed by atoms with Gasteiger partial charge in [0, 0.05) is 23.7 Å². The van der Waals surface area contributed by atoms with E-state index in [-0.39, 0.29) is 23.9 Å². The molecule has 4 rings (SSSR count). The summed E-state index contributed by atoms with van der Waals surface area (Å²) in [4.78, 5) is 14.8. The lowest BCUT2D eigenvalue weighted by atomic mass is 10.1. The molecule has 3 aromatic rings. The predicted molar refractivity (Wildman–Crippen MR) is 103 cm³/mol. The number of carbonyl (C=O) groups is 1. The van der Waals surface area contributed by atoms with Gasteiger partial charge in [0.2, 0.25) is 0 Å². The molecular weight excluding hydrogens is 339 g/mol. The molecule has 3 aromatic carbocycles. The van der Waals surface area contributed by atoms with Gasteiger partial charge in [0.25, 0.3) is 5.91 Å². The van der Waals surface area contributed by atoms with Crippen LogP contribution in [0.2, 0.25) is 0 Å². The van der Waals surface area contributed by atoms with E-state index < -0.39 is 0 Å². The zero-order chi connectivity index (χ0) is 18.8.